The Morgan fingerprint density at radius 3 is 3.21 bits per heavy atom. The van der Waals surface area contributed by atoms with Gasteiger partial charge in [-0.3, -0.25) is 9.78 Å². The van der Waals surface area contributed by atoms with Crippen LogP contribution in [0.4, 0.5) is 0 Å². The largest absolute Gasteiger partial charge is 0.346 e. The predicted molar refractivity (Wildman–Crippen MR) is 75.4 cm³/mol. The summed E-state index contributed by atoms with van der Waals surface area (Å²) in [5.41, 5.74) is 0.526. The number of thiophene rings is 1. The SMILES string of the molecule is O=C(NC1CC2CNC1C2)c1cc2sccc2cn1. The summed E-state index contributed by atoms with van der Waals surface area (Å²) >= 11 is 1.64. The molecule has 3 atom stereocenters. The summed E-state index contributed by atoms with van der Waals surface area (Å²) in [5, 5.41) is 9.70. The molecule has 2 fully saturated rings. The quantitative estimate of drug-likeness (QED) is 0.877. The van der Waals surface area contributed by atoms with Crippen LogP contribution in [0.25, 0.3) is 10.1 Å². The van der Waals surface area contributed by atoms with Crippen LogP contribution in [0.1, 0.15) is 23.3 Å². The molecule has 1 saturated carbocycles. The van der Waals surface area contributed by atoms with Gasteiger partial charge in [0, 0.05) is 28.4 Å². The number of hydrogen-bond acceptors (Lipinski definition) is 4. The molecule has 2 aromatic rings. The van der Waals surface area contributed by atoms with Crippen LogP contribution >= 0.6 is 11.3 Å². The molecule has 5 heteroatoms. The predicted octanol–water partition coefficient (Wildman–Crippen LogP) is 1.78. The first-order valence-corrected chi connectivity index (χ1v) is 7.55. The summed E-state index contributed by atoms with van der Waals surface area (Å²) in [6, 6.07) is 4.64. The van der Waals surface area contributed by atoms with Crippen molar-refractivity contribution >= 4 is 27.3 Å². The second-order valence-corrected chi connectivity index (χ2v) is 6.41. The summed E-state index contributed by atoms with van der Waals surface area (Å²) in [6.07, 6.45) is 4.08. The lowest BCUT2D eigenvalue weighted by Gasteiger charge is -2.23. The lowest BCUT2D eigenvalue weighted by molar-refractivity contribution is 0.0923. The van der Waals surface area contributed by atoms with Gasteiger partial charge in [-0.2, -0.15) is 0 Å². The van der Waals surface area contributed by atoms with Gasteiger partial charge >= 0.3 is 0 Å². The van der Waals surface area contributed by atoms with Crippen molar-refractivity contribution in [1.29, 1.82) is 0 Å². The molecule has 0 radical (unpaired) electrons. The highest BCUT2D eigenvalue weighted by Gasteiger charge is 2.40. The third-order valence-corrected chi connectivity index (χ3v) is 5.10. The van der Waals surface area contributed by atoms with Crippen molar-refractivity contribution in [2.75, 3.05) is 6.54 Å². The molecule has 4 nitrogen and oxygen atoms in total. The average Bonchev–Trinajstić information content (AvgIpc) is 3.13. The molecular weight excluding hydrogens is 258 g/mol. The number of carbonyl (C=O) groups is 1. The molecule has 1 aliphatic carbocycles. The minimum atomic E-state index is -0.0466. The maximum Gasteiger partial charge on any atom is 0.270 e. The molecule has 2 bridgehead atoms. The minimum absolute atomic E-state index is 0.0466. The van der Waals surface area contributed by atoms with Gasteiger partial charge < -0.3 is 10.6 Å². The Kier molecular flexibility index (Phi) is 2.56. The lowest BCUT2D eigenvalue weighted by Crippen LogP contribution is -2.48. The molecule has 3 unspecified atom stereocenters. The van der Waals surface area contributed by atoms with Gasteiger partial charge in [-0.15, -0.1) is 11.3 Å². The molecule has 1 amide bonds. The second-order valence-electron chi connectivity index (χ2n) is 5.46. The fraction of sp³-hybridized carbons (Fsp3) is 0.429. The van der Waals surface area contributed by atoms with E-state index >= 15 is 0 Å². The van der Waals surface area contributed by atoms with Crippen LogP contribution in [0.5, 0.6) is 0 Å². The summed E-state index contributed by atoms with van der Waals surface area (Å²) in [7, 11) is 0. The highest BCUT2D eigenvalue weighted by molar-refractivity contribution is 7.17. The van der Waals surface area contributed by atoms with Crippen molar-refractivity contribution < 1.29 is 4.79 Å². The summed E-state index contributed by atoms with van der Waals surface area (Å²) in [5.74, 6) is 0.692. The van der Waals surface area contributed by atoms with Crippen LogP contribution in [-0.4, -0.2) is 29.5 Å². The number of nitrogens with one attached hydrogen (secondary N) is 2. The highest BCUT2D eigenvalue weighted by atomic mass is 32.1. The van der Waals surface area contributed by atoms with Crippen molar-refractivity contribution in [2.24, 2.45) is 5.92 Å². The molecule has 19 heavy (non-hydrogen) atoms. The standard InChI is InChI=1S/C14H15N3OS/c18-14(17-11-4-8-3-10(11)15-6-8)12-5-13-9(7-16-12)1-2-19-13/h1-2,5,7-8,10-11,15H,3-4,6H2,(H,17,18). The van der Waals surface area contributed by atoms with E-state index in [1.165, 1.54) is 6.42 Å². The van der Waals surface area contributed by atoms with Gasteiger partial charge in [0.25, 0.3) is 5.91 Å². The lowest BCUT2D eigenvalue weighted by atomic mass is 10.1. The van der Waals surface area contributed by atoms with Gasteiger partial charge in [0.2, 0.25) is 0 Å². The normalized spacial score (nSPS) is 28.9. The molecule has 2 aromatic heterocycles. The fourth-order valence-electron chi connectivity index (χ4n) is 3.23. The van der Waals surface area contributed by atoms with E-state index in [9.17, 15) is 4.79 Å². The zero-order valence-electron chi connectivity index (χ0n) is 10.4. The van der Waals surface area contributed by atoms with Gasteiger partial charge in [0.1, 0.15) is 5.69 Å². The van der Waals surface area contributed by atoms with E-state index in [0.29, 0.717) is 11.7 Å². The highest BCUT2D eigenvalue weighted by Crippen LogP contribution is 2.31. The van der Waals surface area contributed by atoms with Crippen LogP contribution in [0.3, 0.4) is 0 Å². The smallest absolute Gasteiger partial charge is 0.270 e. The number of piperidine rings is 1. The number of rotatable bonds is 2. The molecule has 2 N–H and O–H groups in total. The van der Waals surface area contributed by atoms with Crippen LogP contribution in [0.2, 0.25) is 0 Å². The molecule has 1 aliphatic heterocycles. The molecular formula is C14H15N3OS. The number of aromatic nitrogens is 1. The van der Waals surface area contributed by atoms with Gasteiger partial charge in [0.05, 0.1) is 0 Å². The summed E-state index contributed by atoms with van der Waals surface area (Å²) in [4.78, 5) is 16.5. The summed E-state index contributed by atoms with van der Waals surface area (Å²) < 4.78 is 1.12. The Hall–Kier alpha value is -1.46. The maximum absolute atomic E-state index is 12.2. The number of fused-ring (bicyclic) bond motifs is 3. The van der Waals surface area contributed by atoms with Crippen LogP contribution < -0.4 is 10.6 Å². The Balaban J connectivity index is 1.53. The van der Waals surface area contributed by atoms with E-state index in [4.69, 9.17) is 0 Å². The average molecular weight is 273 g/mol. The first-order chi connectivity index (χ1) is 9.29. The van der Waals surface area contributed by atoms with Crippen molar-refractivity contribution in [1.82, 2.24) is 15.6 Å². The zero-order valence-corrected chi connectivity index (χ0v) is 11.2. The van der Waals surface area contributed by atoms with Gasteiger partial charge in [-0.1, -0.05) is 0 Å². The van der Waals surface area contributed by atoms with E-state index in [1.54, 1.807) is 17.5 Å². The first kappa shape index (κ1) is 11.4. The number of hydrogen-bond donors (Lipinski definition) is 2. The molecule has 3 heterocycles. The number of carbonyl (C=O) groups excluding carboxylic acids is 1. The molecule has 2 aliphatic rings. The third-order valence-electron chi connectivity index (χ3n) is 4.22. The maximum atomic E-state index is 12.2. The van der Waals surface area contributed by atoms with E-state index < -0.39 is 0 Å². The molecule has 0 aromatic carbocycles. The van der Waals surface area contributed by atoms with E-state index in [2.05, 4.69) is 15.6 Å². The minimum Gasteiger partial charge on any atom is -0.346 e. The first-order valence-electron chi connectivity index (χ1n) is 6.67. The van der Waals surface area contributed by atoms with Crippen LogP contribution in [0.15, 0.2) is 23.7 Å². The van der Waals surface area contributed by atoms with Crippen molar-refractivity contribution in [3.63, 3.8) is 0 Å². The summed E-state index contributed by atoms with van der Waals surface area (Å²) in [6.45, 7) is 1.11. The Labute approximate surface area is 115 Å². The number of amides is 1. The van der Waals surface area contributed by atoms with Gasteiger partial charge in [0.15, 0.2) is 0 Å². The number of pyridine rings is 1. The van der Waals surface area contributed by atoms with E-state index in [-0.39, 0.29) is 11.9 Å². The van der Waals surface area contributed by atoms with Crippen molar-refractivity contribution in [3.05, 3.63) is 29.4 Å². The second kappa shape index (κ2) is 4.28. The monoisotopic (exact) mass is 273 g/mol. The van der Waals surface area contributed by atoms with Crippen LogP contribution in [-0.2, 0) is 0 Å². The Morgan fingerprint density at radius 2 is 2.42 bits per heavy atom. The van der Waals surface area contributed by atoms with Crippen LogP contribution in [0, 0.1) is 5.92 Å². The van der Waals surface area contributed by atoms with Crippen molar-refractivity contribution in [3.8, 4) is 0 Å². The van der Waals surface area contributed by atoms with Gasteiger partial charge in [-0.05, 0) is 42.8 Å². The topological polar surface area (TPSA) is 54.0 Å². The van der Waals surface area contributed by atoms with E-state index in [0.717, 1.165) is 29.0 Å². The van der Waals surface area contributed by atoms with Crippen molar-refractivity contribution in [2.45, 2.75) is 24.9 Å². The number of nitrogens with zero attached hydrogens (tertiary/aromatic N) is 1. The molecule has 1 saturated heterocycles. The molecule has 0 spiro atoms. The zero-order chi connectivity index (χ0) is 12.8. The van der Waals surface area contributed by atoms with Gasteiger partial charge in [-0.25, -0.2) is 0 Å². The molecule has 4 rings (SSSR count). The third kappa shape index (κ3) is 1.93. The fourth-order valence-corrected chi connectivity index (χ4v) is 4.03. The Morgan fingerprint density at radius 1 is 1.47 bits per heavy atom. The Bertz CT molecular complexity index is 638. The molecule has 98 valence electrons. The van der Waals surface area contributed by atoms with E-state index in [1.807, 2.05) is 17.5 Å².